The maximum absolute atomic E-state index is 3.31. The standard InChI is InChI=1S/C10H17N/c1-10(2,3)6-4-9-5-7-11-8-9/h9,11H,5,7-8H2,1-3H3. The molecule has 1 heterocycles. The second-order valence-electron chi connectivity index (χ2n) is 4.21. The molecule has 1 N–H and O–H groups in total. The van der Waals surface area contributed by atoms with E-state index in [4.69, 9.17) is 0 Å². The largest absolute Gasteiger partial charge is 0.315 e. The zero-order chi connectivity index (χ0) is 8.32. The topological polar surface area (TPSA) is 12.0 Å². The average molecular weight is 151 g/mol. The van der Waals surface area contributed by atoms with Crippen molar-refractivity contribution in [1.82, 2.24) is 5.32 Å². The van der Waals surface area contributed by atoms with E-state index in [1.807, 2.05) is 0 Å². The lowest BCUT2D eigenvalue weighted by Crippen LogP contribution is -2.08. The first-order valence-electron chi connectivity index (χ1n) is 4.31. The van der Waals surface area contributed by atoms with Crippen LogP contribution in [0.25, 0.3) is 0 Å². The summed E-state index contributed by atoms with van der Waals surface area (Å²) in [6.45, 7) is 8.69. The predicted octanol–water partition coefficient (Wildman–Crippen LogP) is 1.65. The minimum atomic E-state index is 0.169. The van der Waals surface area contributed by atoms with Gasteiger partial charge in [0.05, 0.1) is 0 Å². The van der Waals surface area contributed by atoms with Gasteiger partial charge in [0.1, 0.15) is 0 Å². The average Bonchev–Trinajstić information content (AvgIpc) is 2.32. The van der Waals surface area contributed by atoms with Crippen molar-refractivity contribution in [3.05, 3.63) is 0 Å². The van der Waals surface area contributed by atoms with Gasteiger partial charge in [0, 0.05) is 17.9 Å². The third kappa shape index (κ3) is 3.43. The van der Waals surface area contributed by atoms with Gasteiger partial charge in [-0.05, 0) is 33.7 Å². The molecule has 0 bridgehead atoms. The van der Waals surface area contributed by atoms with Crippen molar-refractivity contribution >= 4 is 0 Å². The van der Waals surface area contributed by atoms with Crippen molar-refractivity contribution in [3.8, 4) is 11.8 Å². The summed E-state index contributed by atoms with van der Waals surface area (Å²) >= 11 is 0. The Morgan fingerprint density at radius 3 is 2.55 bits per heavy atom. The first kappa shape index (κ1) is 8.62. The van der Waals surface area contributed by atoms with Gasteiger partial charge < -0.3 is 5.32 Å². The molecule has 1 rings (SSSR count). The van der Waals surface area contributed by atoms with Crippen LogP contribution >= 0.6 is 0 Å². The van der Waals surface area contributed by atoms with Gasteiger partial charge >= 0.3 is 0 Å². The summed E-state index contributed by atoms with van der Waals surface area (Å²) in [7, 11) is 0. The van der Waals surface area contributed by atoms with Crippen LogP contribution in [0.4, 0.5) is 0 Å². The van der Waals surface area contributed by atoms with Crippen LogP contribution in [0.15, 0.2) is 0 Å². The molecule has 0 aromatic carbocycles. The minimum absolute atomic E-state index is 0.169. The van der Waals surface area contributed by atoms with Gasteiger partial charge in [-0.25, -0.2) is 0 Å². The molecule has 1 saturated heterocycles. The summed E-state index contributed by atoms with van der Waals surface area (Å²) in [4.78, 5) is 0. The molecule has 0 aromatic rings. The fourth-order valence-electron chi connectivity index (χ4n) is 1.10. The molecule has 0 spiro atoms. The Morgan fingerprint density at radius 1 is 1.36 bits per heavy atom. The van der Waals surface area contributed by atoms with Gasteiger partial charge in [-0.3, -0.25) is 0 Å². The van der Waals surface area contributed by atoms with Crippen LogP contribution in [0, 0.1) is 23.2 Å². The minimum Gasteiger partial charge on any atom is -0.315 e. The molecule has 1 atom stereocenters. The smallest absolute Gasteiger partial charge is 0.0339 e. The second kappa shape index (κ2) is 3.28. The zero-order valence-corrected chi connectivity index (χ0v) is 7.70. The van der Waals surface area contributed by atoms with Crippen LogP contribution in [0.5, 0.6) is 0 Å². The maximum Gasteiger partial charge on any atom is 0.0339 e. The highest BCUT2D eigenvalue weighted by atomic mass is 14.9. The maximum atomic E-state index is 3.31. The van der Waals surface area contributed by atoms with Crippen LogP contribution < -0.4 is 5.32 Å². The lowest BCUT2D eigenvalue weighted by Gasteiger charge is -2.07. The quantitative estimate of drug-likeness (QED) is 0.519. The lowest BCUT2D eigenvalue weighted by molar-refractivity contribution is 0.567. The second-order valence-corrected chi connectivity index (χ2v) is 4.21. The van der Waals surface area contributed by atoms with Crippen molar-refractivity contribution < 1.29 is 0 Å². The first-order chi connectivity index (χ1) is 5.08. The van der Waals surface area contributed by atoms with Crippen molar-refractivity contribution in [2.24, 2.45) is 11.3 Å². The monoisotopic (exact) mass is 151 g/mol. The van der Waals surface area contributed by atoms with E-state index in [-0.39, 0.29) is 5.41 Å². The molecule has 0 amide bonds. The third-order valence-electron chi connectivity index (χ3n) is 1.71. The van der Waals surface area contributed by atoms with E-state index in [2.05, 4.69) is 37.9 Å². The summed E-state index contributed by atoms with van der Waals surface area (Å²) in [6, 6.07) is 0. The summed E-state index contributed by atoms with van der Waals surface area (Å²) < 4.78 is 0. The van der Waals surface area contributed by atoms with Crippen molar-refractivity contribution in [2.45, 2.75) is 27.2 Å². The molecule has 1 heteroatoms. The van der Waals surface area contributed by atoms with Crippen molar-refractivity contribution in [2.75, 3.05) is 13.1 Å². The first-order valence-corrected chi connectivity index (χ1v) is 4.31. The van der Waals surface area contributed by atoms with Crippen LogP contribution in [-0.2, 0) is 0 Å². The summed E-state index contributed by atoms with van der Waals surface area (Å²) in [5, 5.41) is 3.31. The van der Waals surface area contributed by atoms with E-state index in [0.717, 1.165) is 13.1 Å². The number of nitrogens with one attached hydrogen (secondary N) is 1. The van der Waals surface area contributed by atoms with Crippen molar-refractivity contribution in [1.29, 1.82) is 0 Å². The molecule has 1 aliphatic heterocycles. The van der Waals surface area contributed by atoms with Gasteiger partial charge in [-0.15, -0.1) is 0 Å². The Kier molecular flexibility index (Phi) is 2.57. The highest BCUT2D eigenvalue weighted by Gasteiger charge is 2.12. The van der Waals surface area contributed by atoms with E-state index < -0.39 is 0 Å². The van der Waals surface area contributed by atoms with Gasteiger partial charge in [0.2, 0.25) is 0 Å². The molecule has 1 fully saturated rings. The summed E-state index contributed by atoms with van der Waals surface area (Å²) in [6.07, 6.45) is 1.23. The third-order valence-corrected chi connectivity index (χ3v) is 1.71. The van der Waals surface area contributed by atoms with E-state index in [9.17, 15) is 0 Å². The zero-order valence-electron chi connectivity index (χ0n) is 7.70. The molecule has 1 nitrogen and oxygen atoms in total. The Bertz CT molecular complexity index is 171. The van der Waals surface area contributed by atoms with E-state index in [0.29, 0.717) is 5.92 Å². The van der Waals surface area contributed by atoms with Gasteiger partial charge in [0.15, 0.2) is 0 Å². The Morgan fingerprint density at radius 2 is 2.09 bits per heavy atom. The Balaban J connectivity index is 2.42. The van der Waals surface area contributed by atoms with Gasteiger partial charge in [0.25, 0.3) is 0 Å². The van der Waals surface area contributed by atoms with E-state index in [1.54, 1.807) is 0 Å². The SMILES string of the molecule is CC(C)(C)C#CC1CCNC1. The molecule has 0 aliphatic carbocycles. The molecule has 1 aliphatic rings. The lowest BCUT2D eigenvalue weighted by atomic mass is 9.96. The van der Waals surface area contributed by atoms with Gasteiger partial charge in [-0.1, -0.05) is 11.8 Å². The molecule has 62 valence electrons. The van der Waals surface area contributed by atoms with Crippen LogP contribution in [0.3, 0.4) is 0 Å². The fraction of sp³-hybridized carbons (Fsp3) is 0.800. The highest BCUT2D eigenvalue weighted by molar-refractivity contribution is 5.11. The molecular formula is C10H17N. The van der Waals surface area contributed by atoms with Crippen molar-refractivity contribution in [3.63, 3.8) is 0 Å². The number of hydrogen-bond acceptors (Lipinski definition) is 1. The molecule has 0 aromatic heterocycles. The van der Waals surface area contributed by atoms with Crippen LogP contribution in [0.2, 0.25) is 0 Å². The summed E-state index contributed by atoms with van der Waals surface area (Å²) in [5.74, 6) is 7.19. The Labute approximate surface area is 69.6 Å². The molecule has 1 unspecified atom stereocenters. The molecule has 0 saturated carbocycles. The summed E-state index contributed by atoms with van der Waals surface area (Å²) in [5.41, 5.74) is 0.169. The molecule has 0 radical (unpaired) electrons. The predicted molar refractivity (Wildman–Crippen MR) is 48.2 cm³/mol. The Hall–Kier alpha value is -0.480. The van der Waals surface area contributed by atoms with E-state index >= 15 is 0 Å². The normalized spacial score (nSPS) is 24.5. The van der Waals surface area contributed by atoms with Gasteiger partial charge in [-0.2, -0.15) is 0 Å². The highest BCUT2D eigenvalue weighted by Crippen LogP contribution is 2.12. The molecule has 11 heavy (non-hydrogen) atoms. The molecular weight excluding hydrogens is 134 g/mol. The number of hydrogen-bond donors (Lipinski definition) is 1. The fourth-order valence-corrected chi connectivity index (χ4v) is 1.10. The van der Waals surface area contributed by atoms with E-state index in [1.165, 1.54) is 6.42 Å². The number of rotatable bonds is 0. The van der Waals surface area contributed by atoms with Crippen LogP contribution in [0.1, 0.15) is 27.2 Å². The van der Waals surface area contributed by atoms with Crippen LogP contribution in [-0.4, -0.2) is 13.1 Å².